The summed E-state index contributed by atoms with van der Waals surface area (Å²) in [7, 11) is 0. The molecule has 1 atom stereocenters. The van der Waals surface area contributed by atoms with Crippen LogP contribution < -0.4 is 5.32 Å². The first-order chi connectivity index (χ1) is 18.0. The van der Waals surface area contributed by atoms with Crippen molar-refractivity contribution in [2.24, 2.45) is 0 Å². The summed E-state index contributed by atoms with van der Waals surface area (Å²) in [5.41, 5.74) is 3.28. The molecule has 9 heteroatoms. The summed E-state index contributed by atoms with van der Waals surface area (Å²) in [6.45, 7) is 1.80. The Kier molecular flexibility index (Phi) is 6.76. The summed E-state index contributed by atoms with van der Waals surface area (Å²) < 4.78 is 20.5. The molecule has 5 rings (SSSR count). The molecular weight excluding hydrogens is 473 g/mol. The SMILES string of the molecule is Cc1ccccc1C(C(=O)Nc1ccc(F)cc1)N(Cc1ccco1)C(=O)Cn1nnc2ccccc21. The number of aryl methyl sites for hydroxylation is 1. The van der Waals surface area contributed by atoms with Gasteiger partial charge in [-0.25, -0.2) is 9.07 Å². The molecule has 37 heavy (non-hydrogen) atoms. The normalized spacial score (nSPS) is 11.8. The predicted molar refractivity (Wildman–Crippen MR) is 136 cm³/mol. The lowest BCUT2D eigenvalue weighted by molar-refractivity contribution is -0.140. The van der Waals surface area contributed by atoms with E-state index in [9.17, 15) is 14.0 Å². The van der Waals surface area contributed by atoms with Gasteiger partial charge in [0.25, 0.3) is 5.91 Å². The molecule has 0 saturated heterocycles. The molecule has 8 nitrogen and oxygen atoms in total. The highest BCUT2D eigenvalue weighted by atomic mass is 19.1. The lowest BCUT2D eigenvalue weighted by atomic mass is 9.98. The number of nitrogens with one attached hydrogen (secondary N) is 1. The van der Waals surface area contributed by atoms with Crippen LogP contribution in [0.5, 0.6) is 0 Å². The second-order valence-corrected chi connectivity index (χ2v) is 8.59. The van der Waals surface area contributed by atoms with Crippen LogP contribution in [0.4, 0.5) is 10.1 Å². The van der Waals surface area contributed by atoms with Crippen molar-refractivity contribution in [3.05, 3.63) is 114 Å². The summed E-state index contributed by atoms with van der Waals surface area (Å²) in [6, 6.07) is 22.7. The zero-order chi connectivity index (χ0) is 25.8. The third-order valence-electron chi connectivity index (χ3n) is 6.09. The Bertz CT molecular complexity index is 1530. The monoisotopic (exact) mass is 497 g/mol. The molecule has 1 unspecified atom stereocenters. The zero-order valence-electron chi connectivity index (χ0n) is 20.0. The van der Waals surface area contributed by atoms with Gasteiger partial charge in [-0.05, 0) is 66.6 Å². The third kappa shape index (κ3) is 5.25. The van der Waals surface area contributed by atoms with Gasteiger partial charge in [0.15, 0.2) is 0 Å². The van der Waals surface area contributed by atoms with Crippen molar-refractivity contribution in [1.82, 2.24) is 19.9 Å². The third-order valence-corrected chi connectivity index (χ3v) is 6.09. The Balaban J connectivity index is 1.54. The van der Waals surface area contributed by atoms with Crippen LogP contribution >= 0.6 is 0 Å². The number of carbonyl (C=O) groups is 2. The Morgan fingerprint density at radius 3 is 2.51 bits per heavy atom. The average molecular weight is 498 g/mol. The van der Waals surface area contributed by atoms with E-state index < -0.39 is 17.8 Å². The maximum absolute atomic E-state index is 13.9. The number of aromatic nitrogens is 3. The van der Waals surface area contributed by atoms with Gasteiger partial charge in [-0.3, -0.25) is 9.59 Å². The van der Waals surface area contributed by atoms with Crippen LogP contribution in [0.25, 0.3) is 11.0 Å². The van der Waals surface area contributed by atoms with E-state index in [0.29, 0.717) is 28.0 Å². The molecule has 0 radical (unpaired) electrons. The van der Waals surface area contributed by atoms with E-state index in [1.54, 1.807) is 12.1 Å². The van der Waals surface area contributed by atoms with E-state index in [1.807, 2.05) is 55.5 Å². The van der Waals surface area contributed by atoms with Crippen molar-refractivity contribution in [2.75, 3.05) is 5.32 Å². The van der Waals surface area contributed by atoms with Gasteiger partial charge >= 0.3 is 0 Å². The standard InChI is InChI=1S/C28H24FN5O3/c1-19-7-2-3-9-23(19)27(28(36)30-21-14-12-20(29)13-15-21)33(17-22-8-6-16-37-22)26(35)18-34-25-11-5-4-10-24(25)31-32-34/h2-16,27H,17-18H2,1H3,(H,30,36). The molecule has 1 N–H and O–H groups in total. The second-order valence-electron chi connectivity index (χ2n) is 8.59. The van der Waals surface area contributed by atoms with E-state index in [1.165, 1.54) is 40.1 Å². The van der Waals surface area contributed by atoms with Crippen molar-refractivity contribution in [2.45, 2.75) is 26.1 Å². The molecule has 0 saturated carbocycles. The average Bonchev–Trinajstić information content (AvgIpc) is 3.56. The minimum absolute atomic E-state index is 0.0499. The highest BCUT2D eigenvalue weighted by Crippen LogP contribution is 2.28. The molecule has 0 aliphatic carbocycles. The van der Waals surface area contributed by atoms with Gasteiger partial charge in [0.2, 0.25) is 5.91 Å². The fraction of sp³-hybridized carbons (Fsp3) is 0.143. The molecule has 0 aliphatic heterocycles. The Labute approximate surface area is 212 Å². The molecule has 2 amide bonds. The number of amides is 2. The van der Waals surface area contributed by atoms with Gasteiger partial charge in [0.05, 0.1) is 18.3 Å². The molecule has 2 heterocycles. The summed E-state index contributed by atoms with van der Waals surface area (Å²) >= 11 is 0. The second kappa shape index (κ2) is 10.4. The number of hydrogen-bond donors (Lipinski definition) is 1. The number of fused-ring (bicyclic) bond motifs is 1. The van der Waals surface area contributed by atoms with Crippen molar-refractivity contribution in [3.63, 3.8) is 0 Å². The first-order valence-electron chi connectivity index (χ1n) is 11.7. The Morgan fingerprint density at radius 2 is 1.76 bits per heavy atom. The molecular formula is C28H24FN5O3. The van der Waals surface area contributed by atoms with Crippen molar-refractivity contribution in [1.29, 1.82) is 0 Å². The maximum Gasteiger partial charge on any atom is 0.251 e. The highest BCUT2D eigenvalue weighted by molar-refractivity contribution is 5.98. The topological polar surface area (TPSA) is 93.3 Å². The molecule has 0 spiro atoms. The van der Waals surface area contributed by atoms with Crippen LogP contribution in [-0.2, 0) is 22.7 Å². The van der Waals surface area contributed by atoms with Crippen LogP contribution in [-0.4, -0.2) is 31.7 Å². The van der Waals surface area contributed by atoms with Crippen molar-refractivity contribution in [3.8, 4) is 0 Å². The number of furan rings is 1. The number of para-hydroxylation sites is 1. The van der Waals surface area contributed by atoms with Gasteiger partial charge in [-0.15, -0.1) is 5.10 Å². The smallest absolute Gasteiger partial charge is 0.251 e. The number of carbonyl (C=O) groups excluding carboxylic acids is 2. The minimum atomic E-state index is -1.00. The molecule has 0 aliphatic rings. The maximum atomic E-state index is 13.9. The fourth-order valence-electron chi connectivity index (χ4n) is 4.24. The molecule has 0 bridgehead atoms. The zero-order valence-corrected chi connectivity index (χ0v) is 20.0. The van der Waals surface area contributed by atoms with Crippen LogP contribution in [0.15, 0.2) is 95.6 Å². The van der Waals surface area contributed by atoms with Crippen LogP contribution in [0.3, 0.4) is 0 Å². The summed E-state index contributed by atoms with van der Waals surface area (Å²) in [6.07, 6.45) is 1.52. The number of halogens is 1. The predicted octanol–water partition coefficient (Wildman–Crippen LogP) is 4.88. The van der Waals surface area contributed by atoms with E-state index in [-0.39, 0.29) is 19.0 Å². The van der Waals surface area contributed by atoms with E-state index in [4.69, 9.17) is 4.42 Å². The molecule has 186 valence electrons. The van der Waals surface area contributed by atoms with Crippen molar-refractivity contribution >= 4 is 28.5 Å². The Morgan fingerprint density at radius 1 is 1.00 bits per heavy atom. The van der Waals surface area contributed by atoms with Gasteiger partial charge in [-0.2, -0.15) is 0 Å². The van der Waals surface area contributed by atoms with Gasteiger partial charge in [-0.1, -0.05) is 41.6 Å². The number of rotatable bonds is 8. The molecule has 3 aromatic carbocycles. The van der Waals surface area contributed by atoms with Gasteiger partial charge in [0.1, 0.15) is 29.7 Å². The fourth-order valence-corrected chi connectivity index (χ4v) is 4.24. The lowest BCUT2D eigenvalue weighted by Crippen LogP contribution is -2.42. The van der Waals surface area contributed by atoms with Crippen LogP contribution in [0.2, 0.25) is 0 Å². The minimum Gasteiger partial charge on any atom is -0.467 e. The lowest BCUT2D eigenvalue weighted by Gasteiger charge is -2.31. The summed E-state index contributed by atoms with van der Waals surface area (Å²) in [4.78, 5) is 29.1. The quantitative estimate of drug-likeness (QED) is 0.330. The number of nitrogens with zero attached hydrogens (tertiary/aromatic N) is 4. The number of hydrogen-bond acceptors (Lipinski definition) is 5. The Hall–Kier alpha value is -4.79. The largest absolute Gasteiger partial charge is 0.467 e. The number of benzene rings is 3. The van der Waals surface area contributed by atoms with Crippen LogP contribution in [0.1, 0.15) is 22.9 Å². The molecule has 0 fully saturated rings. The first kappa shape index (κ1) is 23.9. The molecule has 5 aromatic rings. The summed E-state index contributed by atoms with van der Waals surface area (Å²) in [5.74, 6) is -0.688. The number of anilines is 1. The van der Waals surface area contributed by atoms with Crippen LogP contribution in [0, 0.1) is 12.7 Å². The van der Waals surface area contributed by atoms with E-state index in [0.717, 1.165) is 5.56 Å². The first-order valence-corrected chi connectivity index (χ1v) is 11.7. The van der Waals surface area contributed by atoms with Gasteiger partial charge in [0, 0.05) is 5.69 Å². The van der Waals surface area contributed by atoms with Crippen molar-refractivity contribution < 1.29 is 18.4 Å². The summed E-state index contributed by atoms with van der Waals surface area (Å²) in [5, 5.41) is 11.1. The highest BCUT2D eigenvalue weighted by Gasteiger charge is 2.33. The van der Waals surface area contributed by atoms with E-state index >= 15 is 0 Å². The van der Waals surface area contributed by atoms with E-state index in [2.05, 4.69) is 15.6 Å². The van der Waals surface area contributed by atoms with Gasteiger partial charge < -0.3 is 14.6 Å². The molecule has 2 aromatic heterocycles.